The largest absolute Gasteiger partial charge is 0.573 e. The molecule has 4 nitrogen and oxygen atoms in total. The predicted octanol–water partition coefficient (Wildman–Crippen LogP) is 2.72. The third-order valence-corrected chi connectivity index (χ3v) is 2.52. The number of ether oxygens (including phenoxy) is 1. The fourth-order valence-electron chi connectivity index (χ4n) is 1.71. The Morgan fingerprint density at radius 2 is 1.95 bits per heavy atom. The summed E-state index contributed by atoms with van der Waals surface area (Å²) in [4.78, 5) is 3.94. The van der Waals surface area contributed by atoms with E-state index in [4.69, 9.17) is 10.8 Å². The molecule has 7 heteroatoms. The van der Waals surface area contributed by atoms with Crippen LogP contribution in [-0.2, 0) is 6.61 Å². The maximum absolute atomic E-state index is 12.2. The van der Waals surface area contributed by atoms with E-state index in [0.29, 0.717) is 16.8 Å². The lowest BCUT2D eigenvalue weighted by Gasteiger charge is -2.11. The zero-order chi connectivity index (χ0) is 14.8. The van der Waals surface area contributed by atoms with E-state index in [1.54, 1.807) is 18.2 Å². The molecule has 0 amide bonds. The number of anilines is 1. The van der Waals surface area contributed by atoms with Gasteiger partial charge in [0.15, 0.2) is 0 Å². The van der Waals surface area contributed by atoms with Crippen molar-refractivity contribution >= 4 is 5.82 Å². The first-order valence-electron chi connectivity index (χ1n) is 5.61. The van der Waals surface area contributed by atoms with Gasteiger partial charge in [-0.15, -0.1) is 13.2 Å². The normalized spacial score (nSPS) is 11.4. The summed E-state index contributed by atoms with van der Waals surface area (Å²) < 4.78 is 40.3. The van der Waals surface area contributed by atoms with Crippen molar-refractivity contribution in [1.82, 2.24) is 4.98 Å². The highest BCUT2D eigenvalue weighted by molar-refractivity contribution is 5.74. The number of hydrogen-bond acceptors (Lipinski definition) is 4. The van der Waals surface area contributed by atoms with E-state index >= 15 is 0 Å². The monoisotopic (exact) mass is 284 g/mol. The molecule has 0 saturated carbocycles. The smallest absolute Gasteiger partial charge is 0.406 e. The fraction of sp³-hybridized carbons (Fsp3) is 0.154. The summed E-state index contributed by atoms with van der Waals surface area (Å²) in [6.45, 7) is -0.262. The van der Waals surface area contributed by atoms with Crippen LogP contribution in [0.2, 0.25) is 0 Å². The number of aliphatic hydroxyl groups is 1. The van der Waals surface area contributed by atoms with Crippen molar-refractivity contribution < 1.29 is 23.0 Å². The van der Waals surface area contributed by atoms with Gasteiger partial charge in [-0.3, -0.25) is 0 Å². The Morgan fingerprint density at radius 3 is 2.55 bits per heavy atom. The number of pyridine rings is 1. The van der Waals surface area contributed by atoms with Crippen LogP contribution in [-0.4, -0.2) is 16.5 Å². The van der Waals surface area contributed by atoms with Crippen molar-refractivity contribution in [1.29, 1.82) is 0 Å². The first kappa shape index (κ1) is 14.1. The maximum atomic E-state index is 12.2. The van der Waals surface area contributed by atoms with Crippen molar-refractivity contribution in [3.8, 4) is 16.9 Å². The van der Waals surface area contributed by atoms with Crippen molar-refractivity contribution in [3.05, 3.63) is 42.1 Å². The molecular weight excluding hydrogens is 273 g/mol. The molecule has 20 heavy (non-hydrogen) atoms. The van der Waals surface area contributed by atoms with Crippen LogP contribution in [0.3, 0.4) is 0 Å². The molecule has 1 aromatic carbocycles. The topological polar surface area (TPSA) is 68.4 Å². The molecule has 1 aromatic heterocycles. The third-order valence-electron chi connectivity index (χ3n) is 2.52. The van der Waals surface area contributed by atoms with Gasteiger partial charge >= 0.3 is 6.36 Å². The molecule has 0 aliphatic heterocycles. The molecule has 2 aromatic rings. The molecule has 0 radical (unpaired) electrons. The number of rotatable bonds is 3. The van der Waals surface area contributed by atoms with Gasteiger partial charge in [-0.25, -0.2) is 4.98 Å². The van der Waals surface area contributed by atoms with Crippen LogP contribution in [0.4, 0.5) is 19.0 Å². The third kappa shape index (κ3) is 3.39. The first-order valence-corrected chi connectivity index (χ1v) is 5.61. The van der Waals surface area contributed by atoms with Crippen LogP contribution >= 0.6 is 0 Å². The molecule has 0 spiro atoms. The van der Waals surface area contributed by atoms with Crippen LogP contribution in [0.5, 0.6) is 5.75 Å². The molecule has 3 N–H and O–H groups in total. The fourth-order valence-corrected chi connectivity index (χ4v) is 1.71. The van der Waals surface area contributed by atoms with Gasteiger partial charge in [0.1, 0.15) is 11.6 Å². The number of nitrogen functional groups attached to an aromatic ring is 1. The van der Waals surface area contributed by atoms with Crippen LogP contribution < -0.4 is 10.5 Å². The Bertz CT molecular complexity index is 615. The van der Waals surface area contributed by atoms with E-state index in [1.165, 1.54) is 18.2 Å². The number of aliphatic hydroxyl groups excluding tert-OH is 1. The van der Waals surface area contributed by atoms with E-state index in [-0.39, 0.29) is 18.2 Å². The Morgan fingerprint density at radius 1 is 1.20 bits per heavy atom. The average Bonchev–Trinajstić information content (AvgIpc) is 2.36. The number of alkyl halides is 3. The van der Waals surface area contributed by atoms with E-state index in [2.05, 4.69) is 9.72 Å². The summed E-state index contributed by atoms with van der Waals surface area (Å²) in [5.41, 5.74) is 7.02. The van der Waals surface area contributed by atoms with Gasteiger partial charge in [-0.2, -0.15) is 0 Å². The highest BCUT2D eigenvalue weighted by Crippen LogP contribution is 2.30. The second-order valence-corrected chi connectivity index (χ2v) is 3.97. The van der Waals surface area contributed by atoms with E-state index < -0.39 is 6.36 Å². The molecule has 106 valence electrons. The van der Waals surface area contributed by atoms with Gasteiger partial charge in [0.05, 0.1) is 12.3 Å². The van der Waals surface area contributed by atoms with E-state index in [9.17, 15) is 13.2 Å². The first-order chi connectivity index (χ1) is 9.39. The highest BCUT2D eigenvalue weighted by atomic mass is 19.4. The van der Waals surface area contributed by atoms with Crippen molar-refractivity contribution in [2.75, 3.05) is 5.73 Å². The minimum absolute atomic E-state index is 0.126. The molecule has 0 bridgehead atoms. The van der Waals surface area contributed by atoms with Crippen molar-refractivity contribution in [2.45, 2.75) is 13.0 Å². The number of nitrogens with zero attached hydrogens (tertiary/aromatic N) is 1. The number of aromatic nitrogens is 1. The predicted molar refractivity (Wildman–Crippen MR) is 66.7 cm³/mol. The molecular formula is C13H11F3N2O2. The molecule has 0 aliphatic carbocycles. The van der Waals surface area contributed by atoms with Gasteiger partial charge < -0.3 is 15.6 Å². The van der Waals surface area contributed by atoms with Crippen LogP contribution in [0.15, 0.2) is 36.4 Å². The van der Waals surface area contributed by atoms with Gasteiger partial charge in [-0.1, -0.05) is 12.1 Å². The van der Waals surface area contributed by atoms with E-state index in [1.807, 2.05) is 0 Å². The SMILES string of the molecule is Nc1nc(CO)ccc1-c1cccc(OC(F)(F)F)c1. The maximum Gasteiger partial charge on any atom is 0.573 e. The highest BCUT2D eigenvalue weighted by Gasteiger charge is 2.31. The second kappa shape index (κ2) is 5.38. The van der Waals surface area contributed by atoms with Gasteiger partial charge in [0.2, 0.25) is 0 Å². The van der Waals surface area contributed by atoms with Crippen molar-refractivity contribution in [3.63, 3.8) is 0 Å². The summed E-state index contributed by atoms with van der Waals surface area (Å²) in [6, 6.07) is 8.57. The summed E-state index contributed by atoms with van der Waals surface area (Å²) in [5.74, 6) is -0.207. The minimum atomic E-state index is -4.75. The van der Waals surface area contributed by atoms with Crippen LogP contribution in [0.1, 0.15) is 5.69 Å². The standard InChI is InChI=1S/C13H11F3N2O2/c14-13(15,16)20-10-3-1-2-8(6-10)11-5-4-9(7-19)18-12(11)17/h1-6,19H,7H2,(H2,17,18). The lowest BCUT2D eigenvalue weighted by atomic mass is 10.1. The molecule has 0 fully saturated rings. The number of nitrogens with two attached hydrogens (primary N) is 1. The number of halogens is 3. The lowest BCUT2D eigenvalue weighted by Crippen LogP contribution is -2.17. The molecule has 0 saturated heterocycles. The zero-order valence-electron chi connectivity index (χ0n) is 10.2. The average molecular weight is 284 g/mol. The van der Waals surface area contributed by atoms with Gasteiger partial charge in [0.25, 0.3) is 0 Å². The quantitative estimate of drug-likeness (QED) is 0.909. The van der Waals surface area contributed by atoms with Crippen LogP contribution in [0, 0.1) is 0 Å². The molecule has 1 heterocycles. The lowest BCUT2D eigenvalue weighted by molar-refractivity contribution is -0.274. The number of benzene rings is 1. The summed E-state index contributed by atoms with van der Waals surface area (Å²) in [5, 5.41) is 8.93. The zero-order valence-corrected chi connectivity index (χ0v) is 10.2. The van der Waals surface area contributed by atoms with Gasteiger partial charge in [0, 0.05) is 5.56 Å². The Balaban J connectivity index is 2.36. The molecule has 2 rings (SSSR count). The Hall–Kier alpha value is -2.28. The minimum Gasteiger partial charge on any atom is -0.406 e. The van der Waals surface area contributed by atoms with Crippen molar-refractivity contribution in [2.24, 2.45) is 0 Å². The molecule has 0 aliphatic rings. The van der Waals surface area contributed by atoms with Crippen LogP contribution in [0.25, 0.3) is 11.1 Å². The van der Waals surface area contributed by atoms with Gasteiger partial charge in [-0.05, 0) is 29.8 Å². The molecule has 0 atom stereocenters. The molecule has 0 unspecified atom stereocenters. The number of hydrogen-bond donors (Lipinski definition) is 2. The second-order valence-electron chi connectivity index (χ2n) is 3.97. The summed E-state index contributed by atoms with van der Waals surface area (Å²) in [7, 11) is 0. The van der Waals surface area contributed by atoms with E-state index in [0.717, 1.165) is 0 Å². The Labute approximate surface area is 112 Å². The summed E-state index contributed by atoms with van der Waals surface area (Å²) >= 11 is 0. The Kier molecular flexibility index (Phi) is 3.80. The summed E-state index contributed by atoms with van der Waals surface area (Å²) in [6.07, 6.45) is -4.75.